The molecule has 1 aliphatic rings. The van der Waals surface area contributed by atoms with Crippen LogP contribution in [-0.4, -0.2) is 54.7 Å². The summed E-state index contributed by atoms with van der Waals surface area (Å²) in [5, 5.41) is 22.8. The van der Waals surface area contributed by atoms with E-state index in [0.29, 0.717) is 22.6 Å². The van der Waals surface area contributed by atoms with Crippen LogP contribution in [0.5, 0.6) is 5.75 Å². The van der Waals surface area contributed by atoms with E-state index in [2.05, 4.69) is 27.9 Å². The number of fused-ring (bicyclic) bond motifs is 2. The van der Waals surface area contributed by atoms with E-state index in [-0.39, 0.29) is 6.61 Å². The first kappa shape index (κ1) is 19.7. The summed E-state index contributed by atoms with van der Waals surface area (Å²) < 4.78 is 13.4. The summed E-state index contributed by atoms with van der Waals surface area (Å²) in [6.07, 6.45) is 2.04. The first-order valence-electron chi connectivity index (χ1n) is 10.1. The van der Waals surface area contributed by atoms with Crippen molar-refractivity contribution in [2.75, 3.05) is 12.3 Å². The van der Waals surface area contributed by atoms with E-state index in [1.54, 1.807) is 16.8 Å². The van der Waals surface area contributed by atoms with Gasteiger partial charge in [-0.3, -0.25) is 4.98 Å². The Balaban J connectivity index is 1.32. The summed E-state index contributed by atoms with van der Waals surface area (Å²) in [6, 6.07) is 9.52. The molecule has 1 saturated heterocycles. The van der Waals surface area contributed by atoms with Crippen LogP contribution >= 0.6 is 0 Å². The van der Waals surface area contributed by atoms with Gasteiger partial charge in [-0.2, -0.15) is 0 Å². The summed E-state index contributed by atoms with van der Waals surface area (Å²) in [6.45, 7) is 2.16. The number of rotatable bonds is 5. The molecule has 4 aromatic rings. The minimum Gasteiger partial charge on any atom is -0.491 e. The molecule has 160 valence electrons. The van der Waals surface area contributed by atoms with Crippen molar-refractivity contribution in [1.29, 1.82) is 0 Å². The Labute approximate surface area is 178 Å². The minimum absolute atomic E-state index is 0.0730. The minimum atomic E-state index is -1.15. The number of aromatic nitrogens is 4. The van der Waals surface area contributed by atoms with Crippen LogP contribution in [0.25, 0.3) is 21.9 Å². The summed E-state index contributed by atoms with van der Waals surface area (Å²) in [5.74, 6) is 0.956. The highest BCUT2D eigenvalue weighted by atomic mass is 16.6. The number of nitrogens with zero attached hydrogens (tertiary/aromatic N) is 4. The second-order valence-electron chi connectivity index (χ2n) is 7.63. The summed E-state index contributed by atoms with van der Waals surface area (Å²) >= 11 is 0. The number of aryl methyl sites for hydroxylation is 1. The maximum Gasteiger partial charge on any atom is 0.164 e. The number of pyridine rings is 1. The molecule has 31 heavy (non-hydrogen) atoms. The number of benzene rings is 1. The number of aliphatic hydroxyl groups excluding tert-OH is 2. The van der Waals surface area contributed by atoms with Crippen LogP contribution in [0, 0.1) is 0 Å². The van der Waals surface area contributed by atoms with Crippen LogP contribution in [-0.2, 0) is 11.2 Å². The zero-order chi connectivity index (χ0) is 21.5. The largest absolute Gasteiger partial charge is 0.491 e. The van der Waals surface area contributed by atoms with Crippen molar-refractivity contribution in [3.8, 4) is 5.75 Å². The van der Waals surface area contributed by atoms with Gasteiger partial charge in [-0.15, -0.1) is 0 Å². The molecule has 9 heteroatoms. The molecule has 0 amide bonds. The third kappa shape index (κ3) is 3.46. The number of aliphatic hydroxyl groups is 2. The Hall–Kier alpha value is -3.27. The van der Waals surface area contributed by atoms with Crippen molar-refractivity contribution in [3.63, 3.8) is 0 Å². The monoisotopic (exact) mass is 421 g/mol. The molecular formula is C22H23N5O4. The van der Waals surface area contributed by atoms with Gasteiger partial charge in [-0.25, -0.2) is 9.97 Å². The lowest BCUT2D eigenvalue weighted by Gasteiger charge is -2.17. The van der Waals surface area contributed by atoms with Crippen molar-refractivity contribution in [3.05, 3.63) is 54.6 Å². The lowest BCUT2D eigenvalue weighted by molar-refractivity contribution is -0.0471. The Bertz CT molecular complexity index is 1240. The van der Waals surface area contributed by atoms with Crippen molar-refractivity contribution in [1.82, 2.24) is 19.5 Å². The number of anilines is 1. The molecule has 0 radical (unpaired) electrons. The van der Waals surface area contributed by atoms with Gasteiger partial charge in [0.15, 0.2) is 6.23 Å². The fourth-order valence-electron chi connectivity index (χ4n) is 3.90. The van der Waals surface area contributed by atoms with E-state index >= 15 is 0 Å². The third-order valence-corrected chi connectivity index (χ3v) is 5.69. The van der Waals surface area contributed by atoms with Crippen LogP contribution in [0.2, 0.25) is 0 Å². The second-order valence-corrected chi connectivity index (χ2v) is 7.63. The third-order valence-electron chi connectivity index (χ3n) is 5.69. The fourth-order valence-corrected chi connectivity index (χ4v) is 3.90. The van der Waals surface area contributed by atoms with Crippen LogP contribution in [0.3, 0.4) is 0 Å². The van der Waals surface area contributed by atoms with Crippen molar-refractivity contribution in [2.24, 2.45) is 0 Å². The molecule has 0 unspecified atom stereocenters. The average Bonchev–Trinajstić information content (AvgIpc) is 3.34. The lowest BCUT2D eigenvalue weighted by Crippen LogP contribution is -2.34. The lowest BCUT2D eigenvalue weighted by atomic mass is 10.1. The molecule has 4 heterocycles. The second kappa shape index (κ2) is 7.77. The zero-order valence-electron chi connectivity index (χ0n) is 16.9. The van der Waals surface area contributed by atoms with Crippen LogP contribution in [0.15, 0.2) is 49.1 Å². The summed E-state index contributed by atoms with van der Waals surface area (Å²) in [7, 11) is 0. The standard InChI is InChI=1S/C22H23N5O4/c1-2-12-7-13-3-4-14(8-16(13)24-9-12)30-10-17-18(28)19(29)22(31-17)27-6-5-15-20(23)25-11-26-21(15)27/h3-9,11,17-19,22,28-29H,2,10H2,1H3,(H2,23,25,26)/t17-,18-,19-,22-/m1/s1. The van der Waals surface area contributed by atoms with E-state index in [1.165, 1.54) is 11.9 Å². The van der Waals surface area contributed by atoms with Gasteiger partial charge < -0.3 is 30.0 Å². The highest BCUT2D eigenvalue weighted by Gasteiger charge is 2.44. The number of hydrogen-bond acceptors (Lipinski definition) is 8. The molecule has 0 saturated carbocycles. The van der Waals surface area contributed by atoms with Crippen LogP contribution in [0.1, 0.15) is 18.7 Å². The molecule has 0 aliphatic carbocycles. The summed E-state index contributed by atoms with van der Waals surface area (Å²) in [4.78, 5) is 12.7. The number of ether oxygens (including phenoxy) is 2. The highest BCUT2D eigenvalue weighted by molar-refractivity contribution is 5.86. The van der Waals surface area contributed by atoms with Gasteiger partial charge in [-0.05, 0) is 36.2 Å². The van der Waals surface area contributed by atoms with Crippen LogP contribution < -0.4 is 10.5 Å². The van der Waals surface area contributed by atoms with Gasteiger partial charge in [0, 0.05) is 23.8 Å². The molecule has 4 atom stereocenters. The molecule has 1 aromatic carbocycles. The van der Waals surface area contributed by atoms with Crippen LogP contribution in [0.4, 0.5) is 5.82 Å². The van der Waals surface area contributed by atoms with Crippen molar-refractivity contribution >= 4 is 27.8 Å². The molecule has 4 N–H and O–H groups in total. The normalized spacial score (nSPS) is 23.6. The fraction of sp³-hybridized carbons (Fsp3) is 0.318. The number of hydrogen-bond donors (Lipinski definition) is 3. The van der Waals surface area contributed by atoms with Crippen molar-refractivity contribution < 1.29 is 19.7 Å². The molecular weight excluding hydrogens is 398 g/mol. The van der Waals surface area contributed by atoms with Gasteiger partial charge in [0.05, 0.1) is 10.9 Å². The molecule has 0 bridgehead atoms. The van der Waals surface area contributed by atoms with E-state index in [0.717, 1.165) is 17.3 Å². The van der Waals surface area contributed by atoms with Gasteiger partial charge in [0.2, 0.25) is 0 Å². The smallest absolute Gasteiger partial charge is 0.164 e. The topological polar surface area (TPSA) is 129 Å². The van der Waals surface area contributed by atoms with Gasteiger partial charge in [0.1, 0.15) is 48.5 Å². The van der Waals surface area contributed by atoms with Gasteiger partial charge >= 0.3 is 0 Å². The maximum absolute atomic E-state index is 10.6. The Morgan fingerprint density at radius 2 is 2.00 bits per heavy atom. The zero-order valence-corrected chi connectivity index (χ0v) is 16.9. The first-order valence-corrected chi connectivity index (χ1v) is 10.1. The maximum atomic E-state index is 10.6. The molecule has 0 spiro atoms. The molecule has 9 nitrogen and oxygen atoms in total. The quantitative estimate of drug-likeness (QED) is 0.445. The van der Waals surface area contributed by atoms with E-state index in [4.69, 9.17) is 15.2 Å². The first-order chi connectivity index (χ1) is 15.0. The molecule has 1 aliphatic heterocycles. The molecule has 5 rings (SSSR count). The molecule has 3 aromatic heterocycles. The Kier molecular flexibility index (Phi) is 4.93. The van der Waals surface area contributed by atoms with Gasteiger partial charge in [-0.1, -0.05) is 6.92 Å². The average molecular weight is 421 g/mol. The Morgan fingerprint density at radius 3 is 2.84 bits per heavy atom. The highest BCUT2D eigenvalue weighted by Crippen LogP contribution is 2.33. The van der Waals surface area contributed by atoms with E-state index in [9.17, 15) is 10.2 Å². The van der Waals surface area contributed by atoms with Crippen molar-refractivity contribution in [2.45, 2.75) is 37.9 Å². The van der Waals surface area contributed by atoms with Gasteiger partial charge in [0.25, 0.3) is 0 Å². The Morgan fingerprint density at radius 1 is 1.13 bits per heavy atom. The summed E-state index contributed by atoms with van der Waals surface area (Å²) in [5.41, 5.74) is 8.41. The number of nitrogens with two attached hydrogens (primary N) is 1. The van der Waals surface area contributed by atoms with E-state index in [1.807, 2.05) is 24.4 Å². The molecule has 1 fully saturated rings. The predicted molar refractivity (Wildman–Crippen MR) is 114 cm³/mol. The van der Waals surface area contributed by atoms with E-state index < -0.39 is 24.5 Å². The number of nitrogen functional groups attached to an aromatic ring is 1. The predicted octanol–water partition coefficient (Wildman–Crippen LogP) is 1.82. The SMILES string of the molecule is CCc1cnc2cc(OC[C@H]3O[C@@H](n4ccc5c(N)ncnc54)[C@H](O)[C@@H]3O)ccc2c1.